The fraction of sp³-hybridized carbons (Fsp3) is 0. The fourth-order valence-corrected chi connectivity index (χ4v) is 8.92. The SMILES string of the molecule is c1ccc(-n2c3ccccc3c3ccc(-c4ccc5c6ccccc6n(-c6nc(-c7cccc8ccccc78)nc(-c7cccc8ccccc78)n6)c5c4)cc32)cc1. The minimum Gasteiger partial charge on any atom is -0.309 e. The first-order chi connectivity index (χ1) is 28.8. The van der Waals surface area contributed by atoms with E-state index < -0.39 is 0 Å². The van der Waals surface area contributed by atoms with Gasteiger partial charge < -0.3 is 4.57 Å². The van der Waals surface area contributed by atoms with Crippen molar-refractivity contribution in [3.63, 3.8) is 0 Å². The minimum atomic E-state index is 0.573. The molecule has 58 heavy (non-hydrogen) atoms. The van der Waals surface area contributed by atoms with Gasteiger partial charge in [0.2, 0.25) is 5.95 Å². The van der Waals surface area contributed by atoms with Gasteiger partial charge in [-0.25, -0.2) is 4.98 Å². The molecule has 3 heterocycles. The van der Waals surface area contributed by atoms with Crippen LogP contribution in [0.5, 0.6) is 0 Å². The summed E-state index contributed by atoms with van der Waals surface area (Å²) >= 11 is 0. The Kier molecular flexibility index (Phi) is 7.16. The van der Waals surface area contributed by atoms with Crippen LogP contribution in [-0.2, 0) is 0 Å². The molecule has 0 fully saturated rings. The third-order valence-corrected chi connectivity index (χ3v) is 11.6. The van der Waals surface area contributed by atoms with Gasteiger partial charge >= 0.3 is 0 Å². The molecule has 0 radical (unpaired) electrons. The van der Waals surface area contributed by atoms with Crippen molar-refractivity contribution in [3.05, 3.63) is 200 Å². The zero-order valence-corrected chi connectivity index (χ0v) is 31.3. The van der Waals surface area contributed by atoms with Crippen LogP contribution >= 0.6 is 0 Å². The van der Waals surface area contributed by atoms with E-state index in [1.165, 1.54) is 21.8 Å². The van der Waals surface area contributed by atoms with Crippen molar-refractivity contribution < 1.29 is 0 Å². The number of aromatic nitrogens is 5. The van der Waals surface area contributed by atoms with Gasteiger partial charge in [0.05, 0.1) is 22.1 Å². The van der Waals surface area contributed by atoms with E-state index in [1.54, 1.807) is 0 Å². The molecule has 0 N–H and O–H groups in total. The Hall–Kier alpha value is -7.89. The smallest absolute Gasteiger partial charge is 0.238 e. The molecule has 5 heteroatoms. The molecule has 0 unspecified atom stereocenters. The van der Waals surface area contributed by atoms with E-state index in [9.17, 15) is 0 Å². The standard InChI is InChI=1S/C53H33N5/c1-2-18-38(19-3-1)57-47-26-10-8-22-41(47)43-30-28-36(32-49(43)57)37-29-31-44-42-23-9-11-27-48(42)58(50(44)33-37)53-55-51(45-24-12-16-34-14-4-6-20-39(34)45)54-52(56-53)46-25-13-17-35-15-5-7-21-40(35)46/h1-33H. The summed E-state index contributed by atoms with van der Waals surface area (Å²) in [5, 5.41) is 9.21. The van der Waals surface area contributed by atoms with Gasteiger partial charge in [0.1, 0.15) is 0 Å². The van der Waals surface area contributed by atoms with E-state index in [-0.39, 0.29) is 0 Å². The minimum absolute atomic E-state index is 0.573. The molecule has 0 bridgehead atoms. The molecule has 0 saturated carbocycles. The van der Waals surface area contributed by atoms with Crippen molar-refractivity contribution in [1.82, 2.24) is 24.1 Å². The monoisotopic (exact) mass is 739 g/mol. The molecule has 12 aromatic rings. The number of hydrogen-bond acceptors (Lipinski definition) is 3. The Morgan fingerprint density at radius 2 is 0.724 bits per heavy atom. The third-order valence-electron chi connectivity index (χ3n) is 11.6. The number of benzene rings is 9. The van der Waals surface area contributed by atoms with E-state index in [0.717, 1.165) is 71.3 Å². The van der Waals surface area contributed by atoms with E-state index in [4.69, 9.17) is 15.0 Å². The van der Waals surface area contributed by atoms with Crippen LogP contribution in [0.1, 0.15) is 0 Å². The first-order valence-electron chi connectivity index (χ1n) is 19.6. The lowest BCUT2D eigenvalue weighted by Gasteiger charge is -2.13. The maximum atomic E-state index is 5.35. The van der Waals surface area contributed by atoms with Crippen molar-refractivity contribution in [3.8, 4) is 45.5 Å². The molecule has 5 nitrogen and oxygen atoms in total. The van der Waals surface area contributed by atoms with Crippen molar-refractivity contribution in [1.29, 1.82) is 0 Å². The van der Waals surface area contributed by atoms with Crippen LogP contribution in [0.2, 0.25) is 0 Å². The lowest BCUT2D eigenvalue weighted by Crippen LogP contribution is -2.06. The number of rotatable bonds is 5. The highest BCUT2D eigenvalue weighted by Gasteiger charge is 2.21. The summed E-state index contributed by atoms with van der Waals surface area (Å²) in [6.45, 7) is 0. The molecule has 9 aromatic carbocycles. The van der Waals surface area contributed by atoms with Gasteiger partial charge in [0.15, 0.2) is 11.6 Å². The average Bonchev–Trinajstić information content (AvgIpc) is 3.81. The van der Waals surface area contributed by atoms with Crippen LogP contribution in [0.4, 0.5) is 0 Å². The van der Waals surface area contributed by atoms with E-state index in [2.05, 4.69) is 209 Å². The van der Waals surface area contributed by atoms with Crippen LogP contribution in [0.3, 0.4) is 0 Å². The van der Waals surface area contributed by atoms with Crippen LogP contribution < -0.4 is 0 Å². The van der Waals surface area contributed by atoms with Crippen LogP contribution in [0, 0.1) is 0 Å². The number of nitrogens with zero attached hydrogens (tertiary/aromatic N) is 5. The molecule has 0 aliphatic heterocycles. The normalized spacial score (nSPS) is 11.8. The first kappa shape index (κ1) is 32.4. The topological polar surface area (TPSA) is 48.5 Å². The molecule has 0 atom stereocenters. The van der Waals surface area contributed by atoms with E-state index in [0.29, 0.717) is 17.6 Å². The predicted molar refractivity (Wildman–Crippen MR) is 240 cm³/mol. The maximum absolute atomic E-state index is 5.35. The van der Waals surface area contributed by atoms with Gasteiger partial charge in [-0.15, -0.1) is 0 Å². The van der Waals surface area contributed by atoms with Gasteiger partial charge in [0.25, 0.3) is 0 Å². The Balaban J connectivity index is 1.12. The number of para-hydroxylation sites is 3. The largest absolute Gasteiger partial charge is 0.309 e. The molecule has 0 aliphatic carbocycles. The van der Waals surface area contributed by atoms with Crippen molar-refractivity contribution >= 4 is 65.2 Å². The van der Waals surface area contributed by atoms with E-state index in [1.807, 2.05) is 0 Å². The number of fused-ring (bicyclic) bond motifs is 8. The molecule has 0 aliphatic rings. The zero-order valence-electron chi connectivity index (χ0n) is 31.3. The lowest BCUT2D eigenvalue weighted by atomic mass is 10.0. The van der Waals surface area contributed by atoms with Crippen molar-refractivity contribution in [2.75, 3.05) is 0 Å². The van der Waals surface area contributed by atoms with E-state index >= 15 is 0 Å². The van der Waals surface area contributed by atoms with Crippen LogP contribution in [0.25, 0.3) is 111 Å². The van der Waals surface area contributed by atoms with Crippen LogP contribution in [0.15, 0.2) is 200 Å². The molecular formula is C53H33N5. The summed E-state index contributed by atoms with van der Waals surface area (Å²) in [6.07, 6.45) is 0. The first-order valence-corrected chi connectivity index (χ1v) is 19.6. The van der Waals surface area contributed by atoms with Gasteiger partial charge in [-0.05, 0) is 69.1 Å². The maximum Gasteiger partial charge on any atom is 0.238 e. The van der Waals surface area contributed by atoms with Gasteiger partial charge in [-0.3, -0.25) is 4.57 Å². The second-order valence-electron chi connectivity index (χ2n) is 14.8. The zero-order chi connectivity index (χ0) is 38.2. The molecule has 0 saturated heterocycles. The molecule has 12 rings (SSSR count). The number of hydrogen-bond donors (Lipinski definition) is 0. The molecule has 3 aromatic heterocycles. The Morgan fingerprint density at radius 3 is 1.29 bits per heavy atom. The lowest BCUT2D eigenvalue weighted by molar-refractivity contribution is 0.955. The van der Waals surface area contributed by atoms with Gasteiger partial charge in [-0.1, -0.05) is 164 Å². The van der Waals surface area contributed by atoms with Gasteiger partial charge in [0, 0.05) is 38.4 Å². The highest BCUT2D eigenvalue weighted by Crippen LogP contribution is 2.39. The van der Waals surface area contributed by atoms with Crippen LogP contribution in [-0.4, -0.2) is 24.1 Å². The summed E-state index contributed by atoms with van der Waals surface area (Å²) in [5.41, 5.74) is 9.74. The highest BCUT2D eigenvalue weighted by molar-refractivity contribution is 6.12. The Bertz CT molecular complexity index is 3470. The third kappa shape index (κ3) is 5.00. The quantitative estimate of drug-likeness (QED) is 0.177. The molecule has 0 spiro atoms. The summed E-state index contributed by atoms with van der Waals surface area (Å²) in [7, 11) is 0. The fourth-order valence-electron chi connectivity index (χ4n) is 8.92. The Labute approximate surface area is 333 Å². The highest BCUT2D eigenvalue weighted by atomic mass is 15.2. The summed E-state index contributed by atoms with van der Waals surface area (Å²) in [6, 6.07) is 71.0. The molecular weight excluding hydrogens is 707 g/mol. The molecule has 0 amide bonds. The van der Waals surface area contributed by atoms with Gasteiger partial charge in [-0.2, -0.15) is 9.97 Å². The predicted octanol–water partition coefficient (Wildman–Crippen LogP) is 13.4. The molecule has 270 valence electrons. The Morgan fingerprint density at radius 1 is 0.293 bits per heavy atom. The average molecular weight is 740 g/mol. The second-order valence-corrected chi connectivity index (χ2v) is 14.8. The summed E-state index contributed by atoms with van der Waals surface area (Å²) in [4.78, 5) is 16.0. The summed E-state index contributed by atoms with van der Waals surface area (Å²) < 4.78 is 4.59. The van der Waals surface area contributed by atoms with Crippen molar-refractivity contribution in [2.24, 2.45) is 0 Å². The van der Waals surface area contributed by atoms with Crippen molar-refractivity contribution in [2.45, 2.75) is 0 Å². The summed E-state index contributed by atoms with van der Waals surface area (Å²) in [5.74, 6) is 1.83. The second kappa shape index (κ2) is 12.8.